The van der Waals surface area contributed by atoms with Gasteiger partial charge in [-0.1, -0.05) is 0 Å². The fourth-order valence-electron chi connectivity index (χ4n) is 2.93. The second-order valence-electron chi connectivity index (χ2n) is 5.74. The molecule has 0 radical (unpaired) electrons. The van der Waals surface area contributed by atoms with Crippen LogP contribution < -0.4 is 33.8 Å². The molecule has 1 aliphatic rings. The van der Waals surface area contributed by atoms with Crippen molar-refractivity contribution in [2.45, 2.75) is 25.0 Å². The van der Waals surface area contributed by atoms with Crippen LogP contribution in [-0.2, 0) is 9.59 Å². The Balaban J connectivity index is 2.29. The Morgan fingerprint density at radius 2 is 1.79 bits per heavy atom. The molecule has 2 aromatic rings. The summed E-state index contributed by atoms with van der Waals surface area (Å²) in [4.78, 5) is 41.0. The minimum Gasteiger partial charge on any atom is -0.399 e. The Morgan fingerprint density at radius 1 is 1.12 bits per heavy atom. The van der Waals surface area contributed by atoms with E-state index in [2.05, 4.69) is 10.3 Å². The molecular weight excluding hydrogens is 314 g/mol. The fraction of sp³-hybridized carbons (Fsp3) is 0.286. The lowest BCUT2D eigenvalue weighted by molar-refractivity contribution is -0.137. The number of fused-ring (bicyclic) bond motifs is 1. The molecule has 1 saturated heterocycles. The molecule has 0 saturated carbocycles. The van der Waals surface area contributed by atoms with Crippen molar-refractivity contribution >= 4 is 34.1 Å². The third kappa shape index (κ3) is 2.20. The maximum absolute atomic E-state index is 12.9. The van der Waals surface area contributed by atoms with Crippen LogP contribution in [0.25, 0.3) is 10.9 Å². The molecule has 0 aliphatic carbocycles. The molecule has 1 aliphatic heterocycles. The highest BCUT2D eigenvalue weighted by atomic mass is 16.2. The number of nitrogens with one attached hydrogen (secondary N) is 1. The summed E-state index contributed by atoms with van der Waals surface area (Å²) in [5, 5.41) is 2.24. The Kier molecular flexibility index (Phi) is 3.50. The zero-order valence-corrected chi connectivity index (χ0v) is 12.8. The number of aryl methyl sites for hydroxylation is 1. The van der Waals surface area contributed by atoms with Crippen LogP contribution in [0.15, 0.2) is 16.9 Å². The number of nitrogen functional groups attached to an aromatic ring is 2. The van der Waals surface area contributed by atoms with Gasteiger partial charge in [-0.15, -0.1) is 0 Å². The summed E-state index contributed by atoms with van der Waals surface area (Å²) in [6.07, 6.45) is 0. The third-order valence-corrected chi connectivity index (χ3v) is 4.11. The van der Waals surface area contributed by atoms with Gasteiger partial charge >= 0.3 is 0 Å². The van der Waals surface area contributed by atoms with Crippen LogP contribution in [0.4, 0.5) is 11.4 Å². The van der Waals surface area contributed by atoms with Gasteiger partial charge in [0.2, 0.25) is 5.91 Å². The number of aromatic nitrogens is 2. The van der Waals surface area contributed by atoms with Crippen molar-refractivity contribution in [1.29, 1.82) is 0 Å². The molecule has 9 N–H and O–H groups in total. The monoisotopic (exact) mass is 331 g/mol. The van der Waals surface area contributed by atoms with Crippen molar-refractivity contribution in [3.05, 3.63) is 28.3 Å². The summed E-state index contributed by atoms with van der Waals surface area (Å²) >= 11 is 0. The molecule has 3 atom stereocenters. The number of hydrogen-bond acceptors (Lipinski definition) is 8. The molecule has 3 unspecified atom stereocenters. The highest BCUT2D eigenvalue weighted by Crippen LogP contribution is 2.23. The van der Waals surface area contributed by atoms with Crippen LogP contribution in [-0.4, -0.2) is 33.4 Å². The van der Waals surface area contributed by atoms with Gasteiger partial charge < -0.3 is 22.9 Å². The highest BCUT2D eigenvalue weighted by molar-refractivity contribution is 6.03. The second-order valence-corrected chi connectivity index (χ2v) is 5.74. The van der Waals surface area contributed by atoms with E-state index in [1.165, 1.54) is 12.1 Å². The van der Waals surface area contributed by atoms with Gasteiger partial charge in [-0.3, -0.25) is 24.3 Å². The van der Waals surface area contributed by atoms with Gasteiger partial charge in [0.15, 0.2) is 0 Å². The van der Waals surface area contributed by atoms with Crippen LogP contribution in [0.1, 0.15) is 11.9 Å². The SMILES string of the molecule is Cc1nc2cc(N)cc(N)c2c(=O)n1C1C(=O)NC(=O)C(N)C1N. The number of nitrogens with two attached hydrogens (primary N) is 4. The molecule has 10 nitrogen and oxygen atoms in total. The maximum Gasteiger partial charge on any atom is 0.264 e. The van der Waals surface area contributed by atoms with E-state index in [4.69, 9.17) is 22.9 Å². The quantitative estimate of drug-likeness (QED) is 0.285. The number of rotatable bonds is 1. The summed E-state index contributed by atoms with van der Waals surface area (Å²) in [6, 6.07) is -0.420. The maximum atomic E-state index is 12.9. The number of imide groups is 1. The van der Waals surface area contributed by atoms with Gasteiger partial charge in [0.25, 0.3) is 11.5 Å². The smallest absolute Gasteiger partial charge is 0.264 e. The van der Waals surface area contributed by atoms with Gasteiger partial charge in [-0.2, -0.15) is 0 Å². The first-order chi connectivity index (χ1) is 11.2. The Hall–Kier alpha value is -2.98. The molecule has 24 heavy (non-hydrogen) atoms. The summed E-state index contributed by atoms with van der Waals surface area (Å²) < 4.78 is 1.11. The normalized spacial score (nSPS) is 24.2. The Bertz CT molecular complexity index is 936. The van der Waals surface area contributed by atoms with E-state index in [0.29, 0.717) is 11.2 Å². The minimum atomic E-state index is -1.17. The number of benzene rings is 1. The van der Waals surface area contributed by atoms with E-state index < -0.39 is 35.5 Å². The lowest BCUT2D eigenvalue weighted by atomic mass is 9.95. The van der Waals surface area contributed by atoms with E-state index in [1.807, 2.05) is 0 Å². The number of nitrogens with zero attached hydrogens (tertiary/aromatic N) is 2. The topological polar surface area (TPSA) is 185 Å². The van der Waals surface area contributed by atoms with E-state index in [1.54, 1.807) is 6.92 Å². The minimum absolute atomic E-state index is 0.125. The van der Waals surface area contributed by atoms with Crippen molar-refractivity contribution < 1.29 is 9.59 Å². The zero-order valence-electron chi connectivity index (χ0n) is 12.8. The van der Waals surface area contributed by atoms with Crippen LogP contribution in [0.3, 0.4) is 0 Å². The standard InChI is InChI=1S/C14H17N7O3/c1-4-19-7-3-5(15)2-6(16)8(7)14(24)21(4)11-9(17)10(18)12(22)20-13(11)23/h2-3,9-11H,15-18H2,1H3,(H,20,22,23). The van der Waals surface area contributed by atoms with Gasteiger partial charge in [0.1, 0.15) is 17.9 Å². The van der Waals surface area contributed by atoms with Crippen molar-refractivity contribution in [3.8, 4) is 0 Å². The summed E-state index contributed by atoms with van der Waals surface area (Å²) in [7, 11) is 0. The molecule has 1 aromatic carbocycles. The third-order valence-electron chi connectivity index (χ3n) is 4.11. The predicted molar refractivity (Wildman–Crippen MR) is 87.7 cm³/mol. The lowest BCUT2D eigenvalue weighted by Crippen LogP contribution is -2.65. The van der Waals surface area contributed by atoms with Crippen LogP contribution >= 0.6 is 0 Å². The molecular formula is C14H17N7O3. The number of anilines is 2. The van der Waals surface area contributed by atoms with E-state index in [-0.39, 0.29) is 16.9 Å². The summed E-state index contributed by atoms with van der Waals surface area (Å²) in [6.45, 7) is 1.54. The molecule has 126 valence electrons. The molecule has 2 heterocycles. The number of piperidine rings is 1. The fourth-order valence-corrected chi connectivity index (χ4v) is 2.93. The number of hydrogen-bond donors (Lipinski definition) is 5. The molecule has 0 spiro atoms. The number of carbonyl (C=O) groups excluding carboxylic acids is 2. The van der Waals surface area contributed by atoms with Gasteiger partial charge in [-0.05, 0) is 19.1 Å². The molecule has 10 heteroatoms. The largest absolute Gasteiger partial charge is 0.399 e. The Labute approximate surface area is 135 Å². The van der Waals surface area contributed by atoms with Crippen LogP contribution in [0.2, 0.25) is 0 Å². The first kappa shape index (κ1) is 15.9. The van der Waals surface area contributed by atoms with Gasteiger partial charge in [0.05, 0.1) is 16.9 Å². The first-order valence-corrected chi connectivity index (χ1v) is 7.16. The molecule has 2 amide bonds. The van der Waals surface area contributed by atoms with E-state index in [0.717, 1.165) is 4.57 Å². The number of amides is 2. The molecule has 1 aromatic heterocycles. The second kappa shape index (κ2) is 5.28. The van der Waals surface area contributed by atoms with Crippen molar-refractivity contribution in [2.24, 2.45) is 11.5 Å². The summed E-state index contributed by atoms with van der Waals surface area (Å²) in [5.74, 6) is -1.17. The first-order valence-electron chi connectivity index (χ1n) is 7.16. The van der Waals surface area contributed by atoms with Gasteiger partial charge in [0, 0.05) is 11.4 Å². The van der Waals surface area contributed by atoms with Crippen LogP contribution in [0.5, 0.6) is 0 Å². The highest BCUT2D eigenvalue weighted by Gasteiger charge is 2.42. The van der Waals surface area contributed by atoms with E-state index in [9.17, 15) is 14.4 Å². The predicted octanol–water partition coefficient (Wildman–Crippen LogP) is -2.28. The van der Waals surface area contributed by atoms with Crippen LogP contribution in [0, 0.1) is 6.92 Å². The van der Waals surface area contributed by atoms with Crippen molar-refractivity contribution in [2.75, 3.05) is 11.5 Å². The summed E-state index contributed by atoms with van der Waals surface area (Å²) in [5.41, 5.74) is 23.5. The molecule has 0 bridgehead atoms. The van der Waals surface area contributed by atoms with E-state index >= 15 is 0 Å². The average Bonchev–Trinajstić information content (AvgIpc) is 2.47. The lowest BCUT2D eigenvalue weighted by Gasteiger charge is -2.33. The zero-order chi connectivity index (χ0) is 17.8. The molecule has 3 rings (SSSR count). The van der Waals surface area contributed by atoms with Gasteiger partial charge in [-0.25, -0.2) is 4.98 Å². The Morgan fingerprint density at radius 3 is 2.46 bits per heavy atom. The number of carbonyl (C=O) groups is 2. The molecule has 1 fully saturated rings. The van der Waals surface area contributed by atoms with Crippen molar-refractivity contribution in [3.63, 3.8) is 0 Å². The van der Waals surface area contributed by atoms with Crippen molar-refractivity contribution in [1.82, 2.24) is 14.9 Å². The average molecular weight is 331 g/mol.